The summed E-state index contributed by atoms with van der Waals surface area (Å²) in [5.41, 5.74) is -0.255. The van der Waals surface area contributed by atoms with Gasteiger partial charge in [-0.15, -0.1) is 11.3 Å². The molecule has 0 atom stereocenters. The SMILES string of the molecule is CC(C)(C#N)CNCCc1cccs1. The van der Waals surface area contributed by atoms with E-state index in [2.05, 4.69) is 28.9 Å². The molecule has 14 heavy (non-hydrogen) atoms. The Bertz CT molecular complexity index is 296. The zero-order valence-electron chi connectivity index (χ0n) is 8.71. The highest BCUT2D eigenvalue weighted by Crippen LogP contribution is 2.11. The lowest BCUT2D eigenvalue weighted by Gasteiger charge is -2.15. The largest absolute Gasteiger partial charge is 0.315 e. The summed E-state index contributed by atoms with van der Waals surface area (Å²) < 4.78 is 0. The van der Waals surface area contributed by atoms with Crippen molar-refractivity contribution in [1.82, 2.24) is 5.32 Å². The molecule has 0 saturated heterocycles. The maximum atomic E-state index is 8.79. The van der Waals surface area contributed by atoms with E-state index in [0.717, 1.165) is 19.5 Å². The van der Waals surface area contributed by atoms with E-state index in [-0.39, 0.29) is 5.41 Å². The predicted molar refractivity (Wildman–Crippen MR) is 60.3 cm³/mol. The highest BCUT2D eigenvalue weighted by molar-refractivity contribution is 7.09. The molecule has 1 heterocycles. The van der Waals surface area contributed by atoms with Gasteiger partial charge in [0.05, 0.1) is 11.5 Å². The molecular formula is C11H16N2S. The van der Waals surface area contributed by atoms with Crippen molar-refractivity contribution in [2.24, 2.45) is 5.41 Å². The van der Waals surface area contributed by atoms with E-state index in [0.29, 0.717) is 0 Å². The van der Waals surface area contributed by atoms with E-state index in [9.17, 15) is 0 Å². The maximum absolute atomic E-state index is 8.79. The third-order valence-electron chi connectivity index (χ3n) is 2.00. The van der Waals surface area contributed by atoms with E-state index in [1.54, 1.807) is 11.3 Å². The number of hydrogen-bond donors (Lipinski definition) is 1. The molecule has 0 fully saturated rings. The fraction of sp³-hybridized carbons (Fsp3) is 0.545. The molecule has 1 aromatic rings. The summed E-state index contributed by atoms with van der Waals surface area (Å²) in [6.07, 6.45) is 1.05. The normalized spacial score (nSPS) is 11.2. The standard InChI is InChI=1S/C11H16N2S/c1-11(2,8-12)9-13-6-5-10-4-3-7-14-10/h3-4,7,13H,5-6,9H2,1-2H3. The van der Waals surface area contributed by atoms with Gasteiger partial charge in [-0.2, -0.15) is 5.26 Å². The van der Waals surface area contributed by atoms with Gasteiger partial charge in [0.25, 0.3) is 0 Å². The van der Waals surface area contributed by atoms with Crippen LogP contribution in [0.15, 0.2) is 17.5 Å². The van der Waals surface area contributed by atoms with Gasteiger partial charge in [-0.3, -0.25) is 0 Å². The van der Waals surface area contributed by atoms with E-state index in [1.165, 1.54) is 4.88 Å². The van der Waals surface area contributed by atoms with Crippen LogP contribution in [-0.4, -0.2) is 13.1 Å². The fourth-order valence-corrected chi connectivity index (χ4v) is 1.82. The van der Waals surface area contributed by atoms with E-state index in [4.69, 9.17) is 5.26 Å². The van der Waals surface area contributed by atoms with Gasteiger partial charge in [0.2, 0.25) is 0 Å². The smallest absolute Gasteiger partial charge is 0.0697 e. The van der Waals surface area contributed by atoms with Gasteiger partial charge >= 0.3 is 0 Å². The Morgan fingerprint density at radius 1 is 1.57 bits per heavy atom. The van der Waals surface area contributed by atoms with Crippen LogP contribution in [-0.2, 0) is 6.42 Å². The number of nitrogens with zero attached hydrogens (tertiary/aromatic N) is 1. The van der Waals surface area contributed by atoms with Crippen LogP contribution in [0.4, 0.5) is 0 Å². The van der Waals surface area contributed by atoms with Crippen LogP contribution in [0.1, 0.15) is 18.7 Å². The molecule has 2 nitrogen and oxygen atoms in total. The van der Waals surface area contributed by atoms with Crippen molar-refractivity contribution in [3.8, 4) is 6.07 Å². The molecule has 0 saturated carbocycles. The number of hydrogen-bond acceptors (Lipinski definition) is 3. The first-order valence-corrected chi connectivity index (χ1v) is 5.66. The molecule has 0 amide bonds. The minimum Gasteiger partial charge on any atom is -0.315 e. The van der Waals surface area contributed by atoms with Crippen LogP contribution in [0, 0.1) is 16.7 Å². The Hall–Kier alpha value is -0.850. The number of thiophene rings is 1. The maximum Gasteiger partial charge on any atom is 0.0697 e. The molecule has 0 bridgehead atoms. The summed E-state index contributed by atoms with van der Waals surface area (Å²) in [7, 11) is 0. The third-order valence-corrected chi connectivity index (χ3v) is 2.93. The zero-order chi connectivity index (χ0) is 10.4. The van der Waals surface area contributed by atoms with Crippen LogP contribution in [0.2, 0.25) is 0 Å². The van der Waals surface area contributed by atoms with Crippen molar-refractivity contribution in [2.75, 3.05) is 13.1 Å². The topological polar surface area (TPSA) is 35.8 Å². The zero-order valence-corrected chi connectivity index (χ0v) is 9.53. The number of nitriles is 1. The number of nitrogens with one attached hydrogen (secondary N) is 1. The number of rotatable bonds is 5. The Morgan fingerprint density at radius 2 is 2.36 bits per heavy atom. The second kappa shape index (κ2) is 5.14. The first kappa shape index (κ1) is 11.2. The second-order valence-electron chi connectivity index (χ2n) is 4.00. The molecule has 0 spiro atoms. The van der Waals surface area contributed by atoms with Crippen molar-refractivity contribution in [2.45, 2.75) is 20.3 Å². The van der Waals surface area contributed by atoms with Gasteiger partial charge in [0, 0.05) is 18.0 Å². The van der Waals surface area contributed by atoms with E-state index >= 15 is 0 Å². The molecule has 1 rings (SSSR count). The predicted octanol–water partition coefficient (Wildman–Crippen LogP) is 2.43. The molecule has 0 aliphatic carbocycles. The molecule has 1 N–H and O–H groups in total. The Kier molecular flexibility index (Phi) is 4.12. The average molecular weight is 208 g/mol. The minimum absolute atomic E-state index is 0.255. The summed E-state index contributed by atoms with van der Waals surface area (Å²) in [4.78, 5) is 1.40. The highest BCUT2D eigenvalue weighted by atomic mass is 32.1. The molecule has 0 radical (unpaired) electrons. The molecular weight excluding hydrogens is 192 g/mol. The van der Waals surface area contributed by atoms with Crippen LogP contribution in [0.5, 0.6) is 0 Å². The Labute approximate surface area is 89.6 Å². The minimum atomic E-state index is -0.255. The summed E-state index contributed by atoms with van der Waals surface area (Å²) in [6.45, 7) is 5.61. The lowest BCUT2D eigenvalue weighted by Crippen LogP contribution is -2.29. The third kappa shape index (κ3) is 3.91. The lowest BCUT2D eigenvalue weighted by atomic mass is 9.96. The molecule has 1 aromatic heterocycles. The molecule has 3 heteroatoms. The average Bonchev–Trinajstić information content (AvgIpc) is 2.65. The van der Waals surface area contributed by atoms with Crippen LogP contribution < -0.4 is 5.32 Å². The molecule has 0 aromatic carbocycles. The first-order valence-electron chi connectivity index (χ1n) is 4.78. The monoisotopic (exact) mass is 208 g/mol. The lowest BCUT2D eigenvalue weighted by molar-refractivity contribution is 0.448. The molecule has 0 aliphatic heterocycles. The molecule has 0 unspecified atom stereocenters. The van der Waals surface area contributed by atoms with Crippen LogP contribution in [0.3, 0.4) is 0 Å². The van der Waals surface area contributed by atoms with Crippen molar-refractivity contribution in [1.29, 1.82) is 5.26 Å². The summed E-state index contributed by atoms with van der Waals surface area (Å²) in [5, 5.41) is 14.2. The quantitative estimate of drug-likeness (QED) is 0.754. The van der Waals surface area contributed by atoms with Gasteiger partial charge < -0.3 is 5.32 Å². The van der Waals surface area contributed by atoms with Gasteiger partial charge in [0.15, 0.2) is 0 Å². The van der Waals surface area contributed by atoms with Gasteiger partial charge in [-0.25, -0.2) is 0 Å². The summed E-state index contributed by atoms with van der Waals surface area (Å²) >= 11 is 1.78. The van der Waals surface area contributed by atoms with Crippen LogP contribution >= 0.6 is 11.3 Å². The van der Waals surface area contributed by atoms with Crippen molar-refractivity contribution in [3.63, 3.8) is 0 Å². The van der Waals surface area contributed by atoms with Crippen LogP contribution in [0.25, 0.3) is 0 Å². The van der Waals surface area contributed by atoms with Crippen molar-refractivity contribution >= 4 is 11.3 Å². The summed E-state index contributed by atoms with van der Waals surface area (Å²) in [5.74, 6) is 0. The first-order chi connectivity index (χ1) is 6.64. The Morgan fingerprint density at radius 3 is 2.93 bits per heavy atom. The molecule has 0 aliphatic rings. The summed E-state index contributed by atoms with van der Waals surface area (Å²) in [6, 6.07) is 6.48. The second-order valence-corrected chi connectivity index (χ2v) is 5.03. The van der Waals surface area contributed by atoms with Crippen molar-refractivity contribution < 1.29 is 0 Å². The van der Waals surface area contributed by atoms with E-state index < -0.39 is 0 Å². The van der Waals surface area contributed by atoms with Gasteiger partial charge in [-0.1, -0.05) is 6.07 Å². The Balaban J connectivity index is 2.15. The molecule has 76 valence electrons. The highest BCUT2D eigenvalue weighted by Gasteiger charge is 2.14. The van der Waals surface area contributed by atoms with Gasteiger partial charge in [-0.05, 0) is 31.7 Å². The van der Waals surface area contributed by atoms with Gasteiger partial charge in [0.1, 0.15) is 0 Å². The fourth-order valence-electron chi connectivity index (χ4n) is 1.11. The van der Waals surface area contributed by atoms with E-state index in [1.807, 2.05) is 13.8 Å². The van der Waals surface area contributed by atoms with Crippen molar-refractivity contribution in [3.05, 3.63) is 22.4 Å².